The molecule has 0 atom stereocenters. The summed E-state index contributed by atoms with van der Waals surface area (Å²) in [6.45, 7) is 0.988. The number of aromatic nitrogens is 2. The van der Waals surface area contributed by atoms with Crippen molar-refractivity contribution < 1.29 is 14.3 Å². The third kappa shape index (κ3) is 3.05. The molecule has 5 rings (SSSR count). The number of nitrogens with zero attached hydrogens (tertiary/aromatic N) is 5. The first-order valence-electron chi connectivity index (χ1n) is 10.2. The van der Waals surface area contributed by atoms with Crippen molar-refractivity contribution in [1.82, 2.24) is 9.13 Å². The van der Waals surface area contributed by atoms with Gasteiger partial charge in [-0.25, -0.2) is 9.59 Å². The van der Waals surface area contributed by atoms with Crippen molar-refractivity contribution in [2.75, 3.05) is 6.54 Å². The van der Waals surface area contributed by atoms with Gasteiger partial charge in [-0.15, -0.1) is 0 Å². The highest BCUT2D eigenvalue weighted by molar-refractivity contribution is 6.46. The summed E-state index contributed by atoms with van der Waals surface area (Å²) in [7, 11) is 1.91. The van der Waals surface area contributed by atoms with E-state index in [0.717, 1.165) is 21.8 Å². The molecule has 0 bridgehead atoms. The van der Waals surface area contributed by atoms with E-state index in [9.17, 15) is 9.59 Å². The average molecular weight is 425 g/mol. The Morgan fingerprint density at radius 2 is 1.50 bits per heavy atom. The van der Waals surface area contributed by atoms with Gasteiger partial charge in [-0.2, -0.15) is 0 Å². The quantitative estimate of drug-likeness (QED) is 0.110. The van der Waals surface area contributed by atoms with Crippen molar-refractivity contribution in [1.29, 1.82) is 0 Å². The molecule has 0 N–H and O–H groups in total. The second-order valence-electron chi connectivity index (χ2n) is 7.66. The number of ether oxygens (including phenoxy) is 1. The molecule has 3 heterocycles. The maximum atomic E-state index is 12.9. The summed E-state index contributed by atoms with van der Waals surface area (Å²) < 4.78 is 9.05. The van der Waals surface area contributed by atoms with E-state index in [2.05, 4.69) is 10.0 Å². The first-order valence-corrected chi connectivity index (χ1v) is 10.2. The first-order chi connectivity index (χ1) is 15.6. The van der Waals surface area contributed by atoms with E-state index >= 15 is 0 Å². The molecule has 2 aromatic carbocycles. The van der Waals surface area contributed by atoms with Crippen LogP contribution in [0, 0.1) is 0 Å². The lowest BCUT2D eigenvalue weighted by Crippen LogP contribution is -2.02. The van der Waals surface area contributed by atoms with E-state index in [4.69, 9.17) is 10.3 Å². The van der Waals surface area contributed by atoms with Crippen LogP contribution in [0.25, 0.3) is 43.4 Å². The highest BCUT2D eigenvalue weighted by Crippen LogP contribution is 2.40. The maximum Gasteiger partial charge on any atom is 0.347 e. The number of hydrogen-bond acceptors (Lipinski definition) is 4. The predicted molar refractivity (Wildman–Crippen MR) is 121 cm³/mol. The summed E-state index contributed by atoms with van der Waals surface area (Å²) in [5, 5.41) is 5.33. The third-order valence-corrected chi connectivity index (χ3v) is 5.79. The van der Waals surface area contributed by atoms with Gasteiger partial charge < -0.3 is 13.9 Å². The molecule has 0 aliphatic carbocycles. The molecule has 32 heavy (non-hydrogen) atoms. The molecule has 158 valence electrons. The number of carbonyl (C=O) groups is 2. The summed E-state index contributed by atoms with van der Waals surface area (Å²) >= 11 is 0. The van der Waals surface area contributed by atoms with E-state index in [-0.39, 0.29) is 11.1 Å². The number of hydrogen-bond donors (Lipinski definition) is 0. The summed E-state index contributed by atoms with van der Waals surface area (Å²) in [6, 6.07) is 15.5. The molecule has 0 fully saturated rings. The van der Waals surface area contributed by atoms with Gasteiger partial charge >= 0.3 is 11.9 Å². The largest absolute Gasteiger partial charge is 0.386 e. The number of fused-ring (bicyclic) bond motifs is 2. The van der Waals surface area contributed by atoms with E-state index < -0.39 is 11.9 Å². The first kappa shape index (κ1) is 19.7. The number of azide groups is 1. The Hall–Kier alpha value is -4.29. The monoisotopic (exact) mass is 425 g/mol. The smallest absolute Gasteiger partial charge is 0.347 e. The standard InChI is InChI=1S/C24H19N5O3/c1-28-13-17(15-7-2-4-9-19(15)28)21-22(24(31)32-23(21)30)18-14-29(12-6-11-26-27-25)20-10-5-3-8-16(18)20/h2-5,7-10,13-14H,6,11-12H2,1H3. The zero-order chi connectivity index (χ0) is 22.2. The van der Waals surface area contributed by atoms with Gasteiger partial charge in [0.15, 0.2) is 0 Å². The molecule has 0 saturated heterocycles. The van der Waals surface area contributed by atoms with Gasteiger partial charge in [-0.05, 0) is 24.1 Å². The molecule has 8 heteroatoms. The SMILES string of the molecule is Cn1cc(C2=C(c3cn(CCCN=[N+]=[N-])c4ccccc34)C(=O)OC2=O)c2ccccc21. The summed E-state index contributed by atoms with van der Waals surface area (Å²) in [5.74, 6) is -1.28. The van der Waals surface area contributed by atoms with Crippen LogP contribution in [0.3, 0.4) is 0 Å². The Bertz CT molecular complexity index is 1480. The lowest BCUT2D eigenvalue weighted by molar-refractivity contribution is -0.149. The summed E-state index contributed by atoms with van der Waals surface area (Å²) in [4.78, 5) is 28.5. The molecule has 4 aromatic rings. The molecular formula is C24H19N5O3. The molecule has 1 aliphatic rings. The van der Waals surface area contributed by atoms with Gasteiger partial charge in [0, 0.05) is 70.4 Å². The molecule has 0 spiro atoms. The van der Waals surface area contributed by atoms with E-state index in [1.54, 1.807) is 0 Å². The molecule has 0 amide bonds. The van der Waals surface area contributed by atoms with Crippen LogP contribution < -0.4 is 0 Å². The molecule has 2 aromatic heterocycles. The molecule has 1 aliphatic heterocycles. The number of aryl methyl sites for hydroxylation is 2. The van der Waals surface area contributed by atoms with E-state index in [1.807, 2.05) is 77.1 Å². The van der Waals surface area contributed by atoms with Crippen LogP contribution in [0.15, 0.2) is 66.0 Å². The van der Waals surface area contributed by atoms with Crippen LogP contribution in [0.2, 0.25) is 0 Å². The number of rotatable bonds is 6. The Morgan fingerprint density at radius 1 is 0.906 bits per heavy atom. The maximum absolute atomic E-state index is 12.9. The topological polar surface area (TPSA) is 102 Å². The van der Waals surface area contributed by atoms with Crippen molar-refractivity contribution in [2.24, 2.45) is 12.2 Å². The lowest BCUT2D eigenvalue weighted by atomic mass is 9.95. The van der Waals surface area contributed by atoms with Gasteiger partial charge in [-0.3, -0.25) is 0 Å². The van der Waals surface area contributed by atoms with Gasteiger partial charge in [0.05, 0.1) is 11.1 Å². The molecule has 0 unspecified atom stereocenters. The number of cyclic esters (lactones) is 2. The summed E-state index contributed by atoms with van der Waals surface area (Å²) in [6.07, 6.45) is 4.39. The number of carbonyl (C=O) groups excluding carboxylic acids is 2. The Morgan fingerprint density at radius 3 is 2.19 bits per heavy atom. The van der Waals surface area contributed by atoms with Crippen LogP contribution >= 0.6 is 0 Å². The van der Waals surface area contributed by atoms with Crippen LogP contribution in [0.1, 0.15) is 17.5 Å². The molecule has 8 nitrogen and oxygen atoms in total. The fraction of sp³-hybridized carbons (Fsp3) is 0.167. The zero-order valence-corrected chi connectivity index (χ0v) is 17.4. The van der Waals surface area contributed by atoms with Gasteiger partial charge in [-0.1, -0.05) is 41.5 Å². The van der Waals surface area contributed by atoms with Gasteiger partial charge in [0.2, 0.25) is 0 Å². The van der Waals surface area contributed by atoms with E-state index in [0.29, 0.717) is 30.6 Å². The van der Waals surface area contributed by atoms with E-state index in [1.165, 1.54) is 0 Å². The third-order valence-electron chi connectivity index (χ3n) is 5.79. The fourth-order valence-electron chi connectivity index (χ4n) is 4.41. The van der Waals surface area contributed by atoms with Crippen molar-refractivity contribution in [3.63, 3.8) is 0 Å². The van der Waals surface area contributed by atoms with Crippen molar-refractivity contribution in [2.45, 2.75) is 13.0 Å². The normalized spacial score (nSPS) is 13.8. The summed E-state index contributed by atoms with van der Waals surface area (Å²) in [5.41, 5.74) is 12.3. The molecule has 0 saturated carbocycles. The van der Waals surface area contributed by atoms with Crippen LogP contribution in [0.5, 0.6) is 0 Å². The second kappa shape index (κ2) is 7.76. The van der Waals surface area contributed by atoms with Gasteiger partial charge in [0.1, 0.15) is 0 Å². The van der Waals surface area contributed by atoms with Crippen molar-refractivity contribution in [3.8, 4) is 0 Å². The average Bonchev–Trinajstić information content (AvgIpc) is 3.42. The number of esters is 2. The van der Waals surface area contributed by atoms with Gasteiger partial charge in [0.25, 0.3) is 0 Å². The highest BCUT2D eigenvalue weighted by atomic mass is 16.6. The Kier molecular flexibility index (Phi) is 4.77. The van der Waals surface area contributed by atoms with Crippen molar-refractivity contribution in [3.05, 3.63) is 82.5 Å². The predicted octanol–water partition coefficient (Wildman–Crippen LogP) is 4.83. The number of para-hydroxylation sites is 2. The highest BCUT2D eigenvalue weighted by Gasteiger charge is 2.37. The lowest BCUT2D eigenvalue weighted by Gasteiger charge is -2.02. The van der Waals surface area contributed by atoms with Crippen LogP contribution in [-0.4, -0.2) is 27.6 Å². The minimum Gasteiger partial charge on any atom is -0.386 e. The zero-order valence-electron chi connectivity index (χ0n) is 17.4. The minimum absolute atomic E-state index is 0.274. The fourth-order valence-corrected chi connectivity index (χ4v) is 4.41. The Balaban J connectivity index is 1.73. The minimum atomic E-state index is -0.644. The molecule has 0 radical (unpaired) electrons. The molecular weight excluding hydrogens is 406 g/mol. The van der Waals surface area contributed by atoms with Crippen LogP contribution in [-0.2, 0) is 27.9 Å². The Labute approximate surface area is 182 Å². The number of benzene rings is 2. The van der Waals surface area contributed by atoms with Crippen molar-refractivity contribution >= 4 is 44.9 Å². The second-order valence-corrected chi connectivity index (χ2v) is 7.66. The van der Waals surface area contributed by atoms with Crippen LogP contribution in [0.4, 0.5) is 0 Å².